The molecule has 0 bridgehead atoms. The van der Waals surface area contributed by atoms with Gasteiger partial charge in [0, 0.05) is 0 Å². The van der Waals surface area contributed by atoms with E-state index in [9.17, 15) is 4.79 Å². The van der Waals surface area contributed by atoms with Gasteiger partial charge in [-0.15, -0.1) is 0 Å². The zero-order chi connectivity index (χ0) is 13.0. The zero-order valence-corrected chi connectivity index (χ0v) is 11.1. The highest BCUT2D eigenvalue weighted by Gasteiger charge is 2.20. The van der Waals surface area contributed by atoms with Crippen molar-refractivity contribution in [2.45, 2.75) is 26.2 Å². The van der Waals surface area contributed by atoms with Gasteiger partial charge in [0.1, 0.15) is 0 Å². The average Bonchev–Trinajstić information content (AvgIpc) is 2.29. The number of benzene rings is 1. The number of esters is 1. The van der Waals surface area contributed by atoms with Crippen molar-refractivity contribution in [1.29, 1.82) is 0 Å². The predicted octanol–water partition coefficient (Wildman–Crippen LogP) is 3.22. The van der Waals surface area contributed by atoms with Gasteiger partial charge in [0.05, 0.1) is 24.2 Å². The number of nitrogens with two attached hydrogens (primary N) is 1. The van der Waals surface area contributed by atoms with E-state index in [0.717, 1.165) is 5.56 Å². The molecule has 1 aromatic carbocycles. The molecule has 0 spiro atoms. The van der Waals surface area contributed by atoms with Crippen LogP contribution in [0.3, 0.4) is 0 Å². The van der Waals surface area contributed by atoms with Gasteiger partial charge in [0.25, 0.3) is 0 Å². The third-order valence-electron chi connectivity index (χ3n) is 2.87. The molecule has 1 atom stereocenters. The van der Waals surface area contributed by atoms with Gasteiger partial charge in [-0.3, -0.25) is 4.79 Å². The minimum absolute atomic E-state index is 0.0991. The predicted molar refractivity (Wildman–Crippen MR) is 70.1 cm³/mol. The van der Waals surface area contributed by atoms with E-state index in [4.69, 9.17) is 22.1 Å². The first-order valence-corrected chi connectivity index (χ1v) is 5.95. The number of halogens is 1. The van der Waals surface area contributed by atoms with Crippen LogP contribution in [0.25, 0.3) is 0 Å². The molecule has 17 heavy (non-hydrogen) atoms. The Morgan fingerprint density at radius 1 is 1.47 bits per heavy atom. The smallest absolute Gasteiger partial charge is 0.306 e. The molecule has 0 aliphatic heterocycles. The third kappa shape index (κ3) is 3.63. The third-order valence-corrected chi connectivity index (χ3v) is 3.21. The second-order valence-corrected chi connectivity index (χ2v) is 4.82. The van der Waals surface area contributed by atoms with E-state index < -0.39 is 0 Å². The van der Waals surface area contributed by atoms with Crippen LogP contribution >= 0.6 is 11.6 Å². The number of carbonyl (C=O) groups is 1. The first-order valence-electron chi connectivity index (χ1n) is 5.57. The molecule has 1 rings (SSSR count). The summed E-state index contributed by atoms with van der Waals surface area (Å²) in [6, 6.07) is 5.50. The quantitative estimate of drug-likeness (QED) is 0.664. The molecule has 94 valence electrons. The lowest BCUT2D eigenvalue weighted by Crippen LogP contribution is -2.14. The van der Waals surface area contributed by atoms with Gasteiger partial charge >= 0.3 is 5.97 Å². The number of nitrogen functional groups attached to an aromatic ring is 1. The molecule has 4 heteroatoms. The molecule has 0 fully saturated rings. The number of rotatable bonds is 4. The van der Waals surface area contributed by atoms with E-state index in [1.54, 1.807) is 6.07 Å². The lowest BCUT2D eigenvalue weighted by molar-refractivity contribution is -0.141. The molecule has 0 heterocycles. The van der Waals surface area contributed by atoms with Gasteiger partial charge in [0.15, 0.2) is 0 Å². The van der Waals surface area contributed by atoms with Crippen LogP contribution in [0.2, 0.25) is 5.02 Å². The van der Waals surface area contributed by atoms with Crippen molar-refractivity contribution in [3.05, 3.63) is 28.8 Å². The van der Waals surface area contributed by atoms with Crippen LogP contribution in [0.5, 0.6) is 0 Å². The number of methoxy groups -OCH3 is 1. The fourth-order valence-electron chi connectivity index (χ4n) is 1.79. The number of hydrogen-bond acceptors (Lipinski definition) is 3. The Hall–Kier alpha value is -1.22. The topological polar surface area (TPSA) is 52.3 Å². The van der Waals surface area contributed by atoms with Crippen LogP contribution in [-0.2, 0) is 9.53 Å². The Labute approximate surface area is 107 Å². The number of anilines is 1. The highest BCUT2D eigenvalue weighted by atomic mass is 35.5. The first-order chi connectivity index (χ1) is 7.95. The van der Waals surface area contributed by atoms with Gasteiger partial charge < -0.3 is 10.5 Å². The van der Waals surface area contributed by atoms with Crippen LogP contribution < -0.4 is 5.73 Å². The maximum atomic E-state index is 11.4. The summed E-state index contributed by atoms with van der Waals surface area (Å²) < 4.78 is 4.71. The maximum absolute atomic E-state index is 11.4. The Morgan fingerprint density at radius 2 is 2.12 bits per heavy atom. The monoisotopic (exact) mass is 255 g/mol. The standard InChI is InChI=1S/C13H18ClNO2/c1-8(2)10(7-13(16)17-3)9-4-5-11(14)12(15)6-9/h4-6,8,10H,7,15H2,1-3H3. The summed E-state index contributed by atoms with van der Waals surface area (Å²) in [7, 11) is 1.40. The minimum Gasteiger partial charge on any atom is -0.469 e. The summed E-state index contributed by atoms with van der Waals surface area (Å²) >= 11 is 5.88. The summed E-state index contributed by atoms with van der Waals surface area (Å²) in [6.07, 6.45) is 0.356. The van der Waals surface area contributed by atoms with E-state index in [2.05, 4.69) is 13.8 Å². The average molecular weight is 256 g/mol. The van der Waals surface area contributed by atoms with Gasteiger partial charge in [0.2, 0.25) is 0 Å². The number of carbonyl (C=O) groups excluding carboxylic acids is 1. The number of hydrogen-bond donors (Lipinski definition) is 1. The normalized spacial score (nSPS) is 12.5. The lowest BCUT2D eigenvalue weighted by Gasteiger charge is -2.20. The van der Waals surface area contributed by atoms with Crippen molar-refractivity contribution in [3.63, 3.8) is 0 Å². The fraction of sp³-hybridized carbons (Fsp3) is 0.462. The molecular weight excluding hydrogens is 238 g/mol. The molecule has 0 aliphatic rings. The molecule has 0 radical (unpaired) electrons. The van der Waals surface area contributed by atoms with E-state index >= 15 is 0 Å². The molecule has 3 nitrogen and oxygen atoms in total. The van der Waals surface area contributed by atoms with Gasteiger partial charge in [-0.2, -0.15) is 0 Å². The van der Waals surface area contributed by atoms with Crippen LogP contribution in [-0.4, -0.2) is 13.1 Å². The van der Waals surface area contributed by atoms with Crippen molar-refractivity contribution >= 4 is 23.3 Å². The Balaban J connectivity index is 2.97. The van der Waals surface area contributed by atoms with Gasteiger partial charge in [-0.25, -0.2) is 0 Å². The Bertz CT molecular complexity index is 404. The molecule has 0 aromatic heterocycles. The second kappa shape index (κ2) is 5.92. The molecule has 2 N–H and O–H groups in total. The molecule has 0 saturated heterocycles. The van der Waals surface area contributed by atoms with Crippen LogP contribution in [0, 0.1) is 5.92 Å². The lowest BCUT2D eigenvalue weighted by atomic mass is 9.85. The van der Waals surface area contributed by atoms with Crippen LogP contribution in [0.4, 0.5) is 5.69 Å². The second-order valence-electron chi connectivity index (χ2n) is 4.41. The highest BCUT2D eigenvalue weighted by molar-refractivity contribution is 6.33. The van der Waals surface area contributed by atoms with Crippen molar-refractivity contribution in [1.82, 2.24) is 0 Å². The Kier molecular flexibility index (Phi) is 4.82. The van der Waals surface area contributed by atoms with Crippen molar-refractivity contribution in [2.24, 2.45) is 5.92 Å². The van der Waals surface area contributed by atoms with Crippen molar-refractivity contribution in [2.75, 3.05) is 12.8 Å². The van der Waals surface area contributed by atoms with Crippen molar-refractivity contribution < 1.29 is 9.53 Å². The largest absolute Gasteiger partial charge is 0.469 e. The van der Waals surface area contributed by atoms with E-state index in [-0.39, 0.29) is 11.9 Å². The Morgan fingerprint density at radius 3 is 2.59 bits per heavy atom. The molecular formula is C13H18ClNO2. The fourth-order valence-corrected chi connectivity index (χ4v) is 1.91. The molecule has 1 aromatic rings. The van der Waals surface area contributed by atoms with Crippen molar-refractivity contribution in [3.8, 4) is 0 Å². The maximum Gasteiger partial charge on any atom is 0.306 e. The van der Waals surface area contributed by atoms with Gasteiger partial charge in [-0.1, -0.05) is 31.5 Å². The molecule has 1 unspecified atom stereocenters. The highest BCUT2D eigenvalue weighted by Crippen LogP contribution is 2.31. The summed E-state index contributed by atoms with van der Waals surface area (Å²) in [5.41, 5.74) is 7.34. The van der Waals surface area contributed by atoms with Gasteiger partial charge in [-0.05, 0) is 29.5 Å². The summed E-state index contributed by atoms with van der Waals surface area (Å²) in [5.74, 6) is 0.217. The molecule has 0 saturated carbocycles. The van der Waals surface area contributed by atoms with Crippen LogP contribution in [0.15, 0.2) is 18.2 Å². The minimum atomic E-state index is -0.211. The molecule has 0 aliphatic carbocycles. The van der Waals surface area contributed by atoms with E-state index in [1.165, 1.54) is 7.11 Å². The summed E-state index contributed by atoms with van der Waals surface area (Å²) in [4.78, 5) is 11.4. The van der Waals surface area contributed by atoms with E-state index in [0.29, 0.717) is 23.0 Å². The first kappa shape index (κ1) is 13.8. The van der Waals surface area contributed by atoms with Crippen LogP contribution in [0.1, 0.15) is 31.7 Å². The van der Waals surface area contributed by atoms with E-state index in [1.807, 2.05) is 12.1 Å². The SMILES string of the molecule is COC(=O)CC(c1ccc(Cl)c(N)c1)C(C)C. The molecule has 0 amide bonds. The number of ether oxygens (including phenoxy) is 1. The summed E-state index contributed by atoms with van der Waals surface area (Å²) in [6.45, 7) is 4.14. The zero-order valence-electron chi connectivity index (χ0n) is 10.4. The summed E-state index contributed by atoms with van der Waals surface area (Å²) in [5, 5.41) is 0.536.